The second-order valence-corrected chi connectivity index (χ2v) is 7.87. The van der Waals surface area contributed by atoms with E-state index in [1.54, 1.807) is 23.1 Å². The second-order valence-electron chi connectivity index (χ2n) is 7.43. The van der Waals surface area contributed by atoms with Crippen molar-refractivity contribution in [2.24, 2.45) is 0 Å². The van der Waals surface area contributed by atoms with Gasteiger partial charge >= 0.3 is 0 Å². The number of rotatable bonds is 4. The topological polar surface area (TPSA) is 79.2 Å². The molecular formula is C21H22ClFN4O4. The molecule has 0 atom stereocenters. The number of nitrogens with zero attached hydrogens (tertiary/aromatic N) is 4. The van der Waals surface area contributed by atoms with Gasteiger partial charge in [-0.3, -0.25) is 14.9 Å². The van der Waals surface area contributed by atoms with E-state index in [4.69, 9.17) is 16.3 Å². The number of non-ortho nitro benzene ring substituents is 1. The molecule has 0 N–H and O–H groups in total. The van der Waals surface area contributed by atoms with Gasteiger partial charge in [-0.2, -0.15) is 0 Å². The molecule has 2 aromatic carbocycles. The van der Waals surface area contributed by atoms with E-state index < -0.39 is 10.7 Å². The highest BCUT2D eigenvalue weighted by molar-refractivity contribution is 6.30. The number of hydrogen-bond donors (Lipinski definition) is 0. The van der Waals surface area contributed by atoms with E-state index in [1.165, 1.54) is 18.2 Å². The predicted octanol–water partition coefficient (Wildman–Crippen LogP) is 3.19. The minimum atomic E-state index is -0.499. The van der Waals surface area contributed by atoms with Gasteiger partial charge in [-0.05, 0) is 24.3 Å². The van der Waals surface area contributed by atoms with Gasteiger partial charge in [-0.1, -0.05) is 11.6 Å². The summed E-state index contributed by atoms with van der Waals surface area (Å²) in [6.07, 6.45) is 0. The van der Waals surface area contributed by atoms with E-state index >= 15 is 0 Å². The number of morpholine rings is 1. The third kappa shape index (κ3) is 4.57. The van der Waals surface area contributed by atoms with Crippen LogP contribution in [0.5, 0.6) is 0 Å². The SMILES string of the molecule is O=C(c1cc([N+](=O)[O-])ccc1N1CCOCC1)N1CCN(c2ccc(Cl)cc2F)CC1. The molecule has 2 heterocycles. The van der Waals surface area contributed by atoms with Crippen LogP contribution in [0.2, 0.25) is 5.02 Å². The van der Waals surface area contributed by atoms with Crippen LogP contribution in [-0.2, 0) is 4.74 Å². The van der Waals surface area contributed by atoms with Gasteiger partial charge in [-0.25, -0.2) is 4.39 Å². The first-order valence-corrected chi connectivity index (χ1v) is 10.4. The molecule has 31 heavy (non-hydrogen) atoms. The first kappa shape index (κ1) is 21.3. The molecule has 4 rings (SSSR count). The number of anilines is 2. The zero-order valence-corrected chi connectivity index (χ0v) is 17.6. The summed E-state index contributed by atoms with van der Waals surface area (Å²) in [6.45, 7) is 3.96. The highest BCUT2D eigenvalue weighted by Gasteiger charge is 2.28. The fourth-order valence-electron chi connectivity index (χ4n) is 3.95. The molecule has 164 valence electrons. The summed E-state index contributed by atoms with van der Waals surface area (Å²) in [5.41, 5.74) is 1.30. The molecule has 0 spiro atoms. The van der Waals surface area contributed by atoms with E-state index in [9.17, 15) is 19.3 Å². The number of piperazine rings is 1. The number of nitro groups is 1. The Labute approximate surface area is 183 Å². The fourth-order valence-corrected chi connectivity index (χ4v) is 4.11. The number of hydrogen-bond acceptors (Lipinski definition) is 6. The van der Waals surface area contributed by atoms with Crippen LogP contribution in [0.15, 0.2) is 36.4 Å². The van der Waals surface area contributed by atoms with Gasteiger partial charge in [0.25, 0.3) is 11.6 Å². The molecule has 2 fully saturated rings. The van der Waals surface area contributed by atoms with Crippen molar-refractivity contribution in [3.63, 3.8) is 0 Å². The standard InChI is InChI=1S/C21H22ClFN4O4/c22-15-1-3-20(18(23)13-15)24-5-7-26(8-6-24)21(28)17-14-16(27(29)30)2-4-19(17)25-9-11-31-12-10-25/h1-4,13-14H,5-12H2. The van der Waals surface area contributed by atoms with Crippen LogP contribution in [-0.4, -0.2) is 68.2 Å². The Morgan fingerprint density at radius 1 is 0.968 bits per heavy atom. The van der Waals surface area contributed by atoms with Gasteiger partial charge in [-0.15, -0.1) is 0 Å². The quantitative estimate of drug-likeness (QED) is 0.528. The second kappa shape index (κ2) is 9.07. The van der Waals surface area contributed by atoms with Gasteiger partial charge in [0.15, 0.2) is 0 Å². The summed E-state index contributed by atoms with van der Waals surface area (Å²) in [6, 6.07) is 8.94. The molecule has 10 heteroatoms. The molecule has 2 aliphatic heterocycles. The van der Waals surface area contributed by atoms with Crippen LogP contribution in [0.25, 0.3) is 0 Å². The number of amides is 1. The first-order chi connectivity index (χ1) is 14.9. The molecule has 0 saturated carbocycles. The minimum absolute atomic E-state index is 0.123. The van der Waals surface area contributed by atoms with Gasteiger partial charge < -0.3 is 19.4 Å². The zero-order chi connectivity index (χ0) is 22.0. The molecule has 0 unspecified atom stereocenters. The highest BCUT2D eigenvalue weighted by atomic mass is 35.5. The smallest absolute Gasteiger partial charge is 0.270 e. The number of carbonyl (C=O) groups excluding carboxylic acids is 1. The van der Waals surface area contributed by atoms with E-state index in [0.717, 1.165) is 0 Å². The van der Waals surface area contributed by atoms with Crippen LogP contribution in [0, 0.1) is 15.9 Å². The largest absolute Gasteiger partial charge is 0.378 e. The van der Waals surface area contributed by atoms with Crippen molar-refractivity contribution in [2.45, 2.75) is 0 Å². The summed E-state index contributed by atoms with van der Waals surface area (Å²) in [7, 11) is 0. The number of ether oxygens (including phenoxy) is 1. The summed E-state index contributed by atoms with van der Waals surface area (Å²) in [5.74, 6) is -0.665. The lowest BCUT2D eigenvalue weighted by atomic mass is 10.1. The van der Waals surface area contributed by atoms with Crippen molar-refractivity contribution < 1.29 is 18.8 Å². The Balaban J connectivity index is 1.53. The van der Waals surface area contributed by atoms with Crippen LogP contribution >= 0.6 is 11.6 Å². The van der Waals surface area contributed by atoms with E-state index in [-0.39, 0.29) is 11.6 Å². The lowest BCUT2D eigenvalue weighted by molar-refractivity contribution is -0.384. The summed E-state index contributed by atoms with van der Waals surface area (Å²) >= 11 is 5.83. The van der Waals surface area contributed by atoms with Crippen LogP contribution in [0.4, 0.5) is 21.5 Å². The van der Waals surface area contributed by atoms with E-state index in [1.807, 2.05) is 9.80 Å². The first-order valence-electron chi connectivity index (χ1n) is 10.0. The van der Waals surface area contributed by atoms with Gasteiger partial charge in [0.2, 0.25) is 0 Å². The maximum Gasteiger partial charge on any atom is 0.270 e. The Bertz CT molecular complexity index is 991. The number of nitro benzene ring substituents is 1. The van der Waals surface area contributed by atoms with Gasteiger partial charge in [0, 0.05) is 56.4 Å². The Morgan fingerprint density at radius 2 is 1.61 bits per heavy atom. The molecule has 0 aliphatic carbocycles. The third-order valence-electron chi connectivity index (χ3n) is 5.59. The van der Waals surface area contributed by atoms with E-state index in [2.05, 4.69) is 0 Å². The van der Waals surface area contributed by atoms with Gasteiger partial charge in [0.1, 0.15) is 5.82 Å². The average Bonchev–Trinajstić information content (AvgIpc) is 2.79. The van der Waals surface area contributed by atoms with Crippen LogP contribution in [0.3, 0.4) is 0 Å². The Kier molecular flexibility index (Phi) is 6.24. The van der Waals surface area contributed by atoms with Crippen molar-refractivity contribution >= 4 is 34.6 Å². The Morgan fingerprint density at radius 3 is 2.26 bits per heavy atom. The summed E-state index contributed by atoms with van der Waals surface area (Å²) in [4.78, 5) is 29.7. The Hall–Kier alpha value is -2.91. The normalized spacial score (nSPS) is 17.0. The molecule has 0 radical (unpaired) electrons. The van der Waals surface area contributed by atoms with E-state index in [0.29, 0.717) is 74.4 Å². The maximum atomic E-state index is 14.2. The van der Waals surface area contributed by atoms with Crippen molar-refractivity contribution in [1.82, 2.24) is 4.90 Å². The monoisotopic (exact) mass is 448 g/mol. The lowest BCUT2D eigenvalue weighted by Crippen LogP contribution is -2.49. The molecule has 0 bridgehead atoms. The highest BCUT2D eigenvalue weighted by Crippen LogP contribution is 2.29. The zero-order valence-electron chi connectivity index (χ0n) is 16.8. The molecule has 2 saturated heterocycles. The number of benzene rings is 2. The number of carbonyl (C=O) groups is 1. The number of halogens is 2. The molecule has 8 nitrogen and oxygen atoms in total. The molecule has 1 amide bonds. The minimum Gasteiger partial charge on any atom is -0.378 e. The van der Waals surface area contributed by atoms with Crippen molar-refractivity contribution in [3.05, 3.63) is 62.9 Å². The predicted molar refractivity (Wildman–Crippen MR) is 116 cm³/mol. The van der Waals surface area contributed by atoms with Crippen molar-refractivity contribution in [3.8, 4) is 0 Å². The average molecular weight is 449 g/mol. The molecule has 2 aromatic rings. The van der Waals surface area contributed by atoms with Crippen molar-refractivity contribution in [1.29, 1.82) is 0 Å². The maximum absolute atomic E-state index is 14.2. The summed E-state index contributed by atoms with van der Waals surface area (Å²) in [5, 5.41) is 11.6. The molecule has 0 aromatic heterocycles. The molecule has 2 aliphatic rings. The fraction of sp³-hybridized carbons (Fsp3) is 0.381. The third-order valence-corrected chi connectivity index (χ3v) is 5.83. The summed E-state index contributed by atoms with van der Waals surface area (Å²) < 4.78 is 19.6. The van der Waals surface area contributed by atoms with Gasteiger partial charge in [0.05, 0.1) is 35.1 Å². The molecular weight excluding hydrogens is 427 g/mol. The van der Waals surface area contributed by atoms with Crippen molar-refractivity contribution in [2.75, 3.05) is 62.3 Å². The lowest BCUT2D eigenvalue weighted by Gasteiger charge is -2.37. The van der Waals surface area contributed by atoms with Crippen LogP contribution < -0.4 is 9.80 Å². The van der Waals surface area contributed by atoms with Crippen LogP contribution in [0.1, 0.15) is 10.4 Å².